The summed E-state index contributed by atoms with van der Waals surface area (Å²) < 4.78 is 4.90. The Bertz CT molecular complexity index is 435. The van der Waals surface area contributed by atoms with Crippen molar-refractivity contribution in [2.45, 2.75) is 39.2 Å². The fourth-order valence-corrected chi connectivity index (χ4v) is 1.60. The first-order valence-electron chi connectivity index (χ1n) is 6.28. The summed E-state index contributed by atoms with van der Waals surface area (Å²) >= 11 is 0. The number of carboxylic acid groups (broad SMARTS) is 1. The first-order chi connectivity index (χ1) is 8.93. The monoisotopic (exact) mass is 267 g/mol. The molecule has 1 aromatic heterocycles. The summed E-state index contributed by atoms with van der Waals surface area (Å²) in [4.78, 5) is 19.7. The second-order valence-corrected chi connectivity index (χ2v) is 4.73. The van der Waals surface area contributed by atoms with E-state index in [1.165, 1.54) is 0 Å². The zero-order valence-corrected chi connectivity index (χ0v) is 11.8. The molecule has 19 heavy (non-hydrogen) atoms. The van der Waals surface area contributed by atoms with Gasteiger partial charge in [-0.2, -0.15) is 0 Å². The number of carboxylic acids is 1. The van der Waals surface area contributed by atoms with Gasteiger partial charge in [0, 0.05) is 31.5 Å². The van der Waals surface area contributed by atoms with Crippen molar-refractivity contribution < 1.29 is 14.6 Å². The second kappa shape index (κ2) is 7.04. The van der Waals surface area contributed by atoms with Crippen molar-refractivity contribution in [2.24, 2.45) is 0 Å². The fraction of sp³-hybridized carbons (Fsp3) is 0.615. The third kappa shape index (κ3) is 4.82. The van der Waals surface area contributed by atoms with Crippen LogP contribution < -0.4 is 5.32 Å². The van der Waals surface area contributed by atoms with Crippen LogP contribution in [0.1, 0.15) is 37.6 Å². The highest BCUT2D eigenvalue weighted by Crippen LogP contribution is 2.15. The lowest BCUT2D eigenvalue weighted by atomic mass is 10.1. The Kier molecular flexibility index (Phi) is 5.69. The molecule has 0 saturated carbocycles. The standard InChI is InChI=1S/C13H21N3O3/c1-8(2)11-7-9(3)14-13(16-11)15-10(12(17)18)5-6-19-4/h7-8,10H,5-6H2,1-4H3,(H,17,18)(H,14,15,16). The van der Waals surface area contributed by atoms with E-state index in [1.807, 2.05) is 26.8 Å². The van der Waals surface area contributed by atoms with Gasteiger partial charge >= 0.3 is 5.97 Å². The van der Waals surface area contributed by atoms with Gasteiger partial charge in [-0.05, 0) is 18.9 Å². The second-order valence-electron chi connectivity index (χ2n) is 4.73. The van der Waals surface area contributed by atoms with E-state index in [9.17, 15) is 4.79 Å². The van der Waals surface area contributed by atoms with Gasteiger partial charge in [-0.15, -0.1) is 0 Å². The molecule has 0 radical (unpaired) electrons. The fourth-order valence-electron chi connectivity index (χ4n) is 1.60. The average molecular weight is 267 g/mol. The van der Waals surface area contributed by atoms with Gasteiger partial charge in [0.15, 0.2) is 0 Å². The highest BCUT2D eigenvalue weighted by molar-refractivity contribution is 5.76. The van der Waals surface area contributed by atoms with E-state index < -0.39 is 12.0 Å². The molecule has 0 saturated heterocycles. The summed E-state index contributed by atoms with van der Waals surface area (Å²) in [6, 6.07) is 1.16. The molecule has 0 aromatic carbocycles. The average Bonchev–Trinajstić information content (AvgIpc) is 2.33. The molecular formula is C13H21N3O3. The SMILES string of the molecule is COCCC(Nc1nc(C)cc(C(C)C)n1)C(=O)O. The third-order valence-corrected chi connectivity index (χ3v) is 2.68. The molecule has 0 aliphatic heterocycles. The molecule has 0 bridgehead atoms. The van der Waals surface area contributed by atoms with E-state index in [-0.39, 0.29) is 5.92 Å². The van der Waals surface area contributed by atoms with Crippen LogP contribution in [0.4, 0.5) is 5.95 Å². The number of aliphatic carboxylic acids is 1. The number of nitrogens with one attached hydrogen (secondary N) is 1. The van der Waals surface area contributed by atoms with Crippen LogP contribution in [0.3, 0.4) is 0 Å². The van der Waals surface area contributed by atoms with Crippen LogP contribution in [0.2, 0.25) is 0 Å². The predicted octanol–water partition coefficient (Wildman–Crippen LogP) is 1.81. The molecular weight excluding hydrogens is 246 g/mol. The number of aryl methyl sites for hydroxylation is 1. The highest BCUT2D eigenvalue weighted by atomic mass is 16.5. The van der Waals surface area contributed by atoms with Crippen molar-refractivity contribution in [2.75, 3.05) is 19.0 Å². The first-order valence-corrected chi connectivity index (χ1v) is 6.28. The van der Waals surface area contributed by atoms with Crippen LogP contribution >= 0.6 is 0 Å². The smallest absolute Gasteiger partial charge is 0.326 e. The van der Waals surface area contributed by atoms with Gasteiger partial charge in [0.2, 0.25) is 5.95 Å². The summed E-state index contributed by atoms with van der Waals surface area (Å²) in [5, 5.41) is 12.0. The Morgan fingerprint density at radius 2 is 2.16 bits per heavy atom. The Balaban J connectivity index is 2.86. The van der Waals surface area contributed by atoms with E-state index in [4.69, 9.17) is 9.84 Å². The lowest BCUT2D eigenvalue weighted by Gasteiger charge is -2.15. The van der Waals surface area contributed by atoms with E-state index >= 15 is 0 Å². The summed E-state index contributed by atoms with van der Waals surface area (Å²) in [7, 11) is 1.54. The van der Waals surface area contributed by atoms with E-state index in [2.05, 4.69) is 15.3 Å². The van der Waals surface area contributed by atoms with Gasteiger partial charge in [-0.25, -0.2) is 14.8 Å². The van der Waals surface area contributed by atoms with Crippen molar-refractivity contribution in [1.29, 1.82) is 0 Å². The predicted molar refractivity (Wildman–Crippen MR) is 72.4 cm³/mol. The van der Waals surface area contributed by atoms with E-state index in [0.29, 0.717) is 19.0 Å². The molecule has 106 valence electrons. The number of aromatic nitrogens is 2. The maximum Gasteiger partial charge on any atom is 0.326 e. The number of nitrogens with zero attached hydrogens (tertiary/aromatic N) is 2. The molecule has 1 rings (SSSR count). The van der Waals surface area contributed by atoms with Crippen LogP contribution in [0.5, 0.6) is 0 Å². The Morgan fingerprint density at radius 1 is 1.47 bits per heavy atom. The summed E-state index contributed by atoms with van der Waals surface area (Å²) in [6.07, 6.45) is 0.361. The van der Waals surface area contributed by atoms with E-state index in [1.54, 1.807) is 7.11 Å². The number of hydrogen-bond acceptors (Lipinski definition) is 5. The Morgan fingerprint density at radius 3 is 2.68 bits per heavy atom. The normalized spacial score (nSPS) is 12.5. The number of methoxy groups -OCH3 is 1. The van der Waals surface area contributed by atoms with Gasteiger partial charge in [0.25, 0.3) is 0 Å². The molecule has 1 aromatic rings. The maximum absolute atomic E-state index is 11.1. The maximum atomic E-state index is 11.1. The first kappa shape index (κ1) is 15.4. The lowest BCUT2D eigenvalue weighted by molar-refractivity contribution is -0.138. The largest absolute Gasteiger partial charge is 0.480 e. The van der Waals surface area contributed by atoms with Crippen molar-refractivity contribution in [3.8, 4) is 0 Å². The van der Waals surface area contributed by atoms with Crippen molar-refractivity contribution in [3.63, 3.8) is 0 Å². The summed E-state index contributed by atoms with van der Waals surface area (Å²) in [5.41, 5.74) is 1.71. The quantitative estimate of drug-likeness (QED) is 0.783. The van der Waals surface area contributed by atoms with Crippen LogP contribution in [0, 0.1) is 6.92 Å². The minimum absolute atomic E-state index is 0.268. The van der Waals surface area contributed by atoms with Gasteiger partial charge < -0.3 is 15.2 Å². The van der Waals surface area contributed by atoms with Crippen molar-refractivity contribution in [1.82, 2.24) is 9.97 Å². The molecule has 0 amide bonds. The van der Waals surface area contributed by atoms with Gasteiger partial charge in [0.1, 0.15) is 6.04 Å². The minimum atomic E-state index is -0.937. The van der Waals surface area contributed by atoms with Gasteiger partial charge in [-0.1, -0.05) is 13.8 Å². The van der Waals surface area contributed by atoms with Crippen LogP contribution in [-0.4, -0.2) is 40.8 Å². The lowest BCUT2D eigenvalue weighted by Crippen LogP contribution is -2.31. The Hall–Kier alpha value is -1.69. The molecule has 1 atom stereocenters. The third-order valence-electron chi connectivity index (χ3n) is 2.68. The van der Waals surface area contributed by atoms with Gasteiger partial charge in [-0.3, -0.25) is 0 Å². The van der Waals surface area contributed by atoms with Crippen molar-refractivity contribution in [3.05, 3.63) is 17.5 Å². The molecule has 0 spiro atoms. The zero-order chi connectivity index (χ0) is 14.4. The number of rotatable bonds is 7. The van der Waals surface area contributed by atoms with Crippen LogP contribution in [0.15, 0.2) is 6.07 Å². The molecule has 0 aliphatic rings. The highest BCUT2D eigenvalue weighted by Gasteiger charge is 2.18. The Labute approximate surface area is 113 Å². The molecule has 1 heterocycles. The molecule has 0 fully saturated rings. The number of ether oxygens (including phenoxy) is 1. The van der Waals surface area contributed by atoms with Crippen LogP contribution in [0.25, 0.3) is 0 Å². The molecule has 6 nitrogen and oxygen atoms in total. The summed E-state index contributed by atoms with van der Waals surface area (Å²) in [5.74, 6) is -0.315. The van der Waals surface area contributed by atoms with E-state index in [0.717, 1.165) is 11.4 Å². The molecule has 2 N–H and O–H groups in total. The molecule has 0 aliphatic carbocycles. The van der Waals surface area contributed by atoms with Gasteiger partial charge in [0.05, 0.1) is 0 Å². The molecule has 1 unspecified atom stereocenters. The van der Waals surface area contributed by atoms with Crippen molar-refractivity contribution >= 4 is 11.9 Å². The summed E-state index contributed by atoms with van der Waals surface area (Å²) in [6.45, 7) is 6.30. The van der Waals surface area contributed by atoms with Crippen LogP contribution in [-0.2, 0) is 9.53 Å². The number of hydrogen-bond donors (Lipinski definition) is 2. The number of carbonyl (C=O) groups is 1. The molecule has 6 heteroatoms. The number of anilines is 1. The zero-order valence-electron chi connectivity index (χ0n) is 11.8. The topological polar surface area (TPSA) is 84.3 Å². The minimum Gasteiger partial charge on any atom is -0.480 e.